The average molecular weight is 250 g/mol. The summed E-state index contributed by atoms with van der Waals surface area (Å²) in [6.07, 6.45) is 0.00802. The van der Waals surface area contributed by atoms with E-state index in [0.717, 1.165) is 6.08 Å². The molecule has 0 aromatic rings. The van der Waals surface area contributed by atoms with Crippen molar-refractivity contribution in [3.8, 4) is 0 Å². The van der Waals surface area contributed by atoms with Crippen LogP contribution in [-0.2, 0) is 0 Å². The Morgan fingerprint density at radius 1 is 1.33 bits per heavy atom. The van der Waals surface area contributed by atoms with Crippen molar-refractivity contribution in [3.63, 3.8) is 0 Å². The van der Waals surface area contributed by atoms with Crippen LogP contribution in [0.15, 0.2) is 21.2 Å². The number of hydrogen-bond donors (Lipinski definition) is 2. The largest absolute Gasteiger partial charge is 0.383 e. The SMILES string of the molecule is OC1C=C(Cl)C(O)(Cl)C(Cl)=C1Cl. The van der Waals surface area contributed by atoms with Crippen LogP contribution in [0.25, 0.3) is 0 Å². The van der Waals surface area contributed by atoms with Gasteiger partial charge in [-0.2, -0.15) is 0 Å². The molecule has 2 unspecified atom stereocenters. The fourth-order valence-corrected chi connectivity index (χ4v) is 1.60. The number of aliphatic hydroxyl groups is 2. The molecule has 0 aromatic carbocycles. The number of aliphatic hydroxyl groups excluding tert-OH is 1. The molecule has 0 bridgehead atoms. The lowest BCUT2D eigenvalue weighted by molar-refractivity contribution is 0.201. The van der Waals surface area contributed by atoms with Crippen LogP contribution in [0, 0.1) is 0 Å². The van der Waals surface area contributed by atoms with E-state index in [0.29, 0.717) is 0 Å². The first-order chi connectivity index (χ1) is 5.37. The van der Waals surface area contributed by atoms with Crippen molar-refractivity contribution in [2.24, 2.45) is 0 Å². The average Bonchev–Trinajstić information content (AvgIpc) is 1.99. The van der Waals surface area contributed by atoms with Gasteiger partial charge < -0.3 is 10.2 Å². The summed E-state index contributed by atoms with van der Waals surface area (Å²) in [5.74, 6) is 0. The van der Waals surface area contributed by atoms with Crippen molar-refractivity contribution in [2.75, 3.05) is 0 Å². The van der Waals surface area contributed by atoms with Crippen molar-refractivity contribution in [1.82, 2.24) is 0 Å². The molecule has 1 aliphatic carbocycles. The van der Waals surface area contributed by atoms with E-state index in [2.05, 4.69) is 0 Å². The zero-order valence-corrected chi connectivity index (χ0v) is 8.58. The van der Waals surface area contributed by atoms with Crippen LogP contribution in [-0.4, -0.2) is 21.4 Å². The molecule has 6 heteroatoms. The monoisotopic (exact) mass is 248 g/mol. The van der Waals surface area contributed by atoms with Gasteiger partial charge in [-0.05, 0) is 6.08 Å². The van der Waals surface area contributed by atoms with Crippen LogP contribution in [0.1, 0.15) is 0 Å². The smallest absolute Gasteiger partial charge is 0.212 e. The van der Waals surface area contributed by atoms with E-state index in [9.17, 15) is 5.11 Å². The third-order valence-corrected chi connectivity index (χ3v) is 3.35. The van der Waals surface area contributed by atoms with E-state index in [-0.39, 0.29) is 15.1 Å². The number of alkyl halides is 1. The van der Waals surface area contributed by atoms with Gasteiger partial charge in [0.2, 0.25) is 5.06 Å². The molecule has 1 rings (SSSR count). The maximum Gasteiger partial charge on any atom is 0.212 e. The quantitative estimate of drug-likeness (QED) is 0.646. The normalized spacial score (nSPS) is 36.8. The van der Waals surface area contributed by atoms with Crippen LogP contribution in [0.5, 0.6) is 0 Å². The first kappa shape index (κ1) is 10.6. The van der Waals surface area contributed by atoms with Gasteiger partial charge in [0.15, 0.2) is 0 Å². The van der Waals surface area contributed by atoms with Gasteiger partial charge >= 0.3 is 0 Å². The fourth-order valence-electron chi connectivity index (χ4n) is 0.715. The maximum absolute atomic E-state index is 9.38. The topological polar surface area (TPSA) is 40.5 Å². The van der Waals surface area contributed by atoms with Gasteiger partial charge in [-0.1, -0.05) is 46.4 Å². The lowest BCUT2D eigenvalue weighted by Gasteiger charge is -2.26. The Hall–Kier alpha value is 0.560. The highest BCUT2D eigenvalue weighted by molar-refractivity contribution is 6.49. The zero-order chi connectivity index (χ0) is 9.52. The lowest BCUT2D eigenvalue weighted by atomic mass is 10.1. The summed E-state index contributed by atoms with van der Waals surface area (Å²) in [5, 5.41) is 16.0. The summed E-state index contributed by atoms with van der Waals surface area (Å²) in [6.45, 7) is 0. The minimum atomic E-state index is -2.00. The van der Waals surface area contributed by atoms with Gasteiger partial charge in [0.25, 0.3) is 0 Å². The number of hydrogen-bond acceptors (Lipinski definition) is 2. The highest BCUT2D eigenvalue weighted by Crippen LogP contribution is 2.42. The van der Waals surface area contributed by atoms with Crippen LogP contribution < -0.4 is 0 Å². The van der Waals surface area contributed by atoms with Crippen LogP contribution in [0.4, 0.5) is 0 Å². The second-order valence-electron chi connectivity index (χ2n) is 2.24. The molecular formula is C6H4Cl4O2. The molecule has 2 N–H and O–H groups in total. The molecule has 0 heterocycles. The molecule has 0 amide bonds. The highest BCUT2D eigenvalue weighted by atomic mass is 35.5. The summed E-state index contributed by atoms with van der Waals surface area (Å²) >= 11 is 22.1. The fraction of sp³-hybridized carbons (Fsp3) is 0.333. The first-order valence-corrected chi connectivity index (χ1v) is 4.41. The van der Waals surface area contributed by atoms with Crippen molar-refractivity contribution >= 4 is 46.4 Å². The van der Waals surface area contributed by atoms with Gasteiger partial charge in [0.05, 0.1) is 15.1 Å². The van der Waals surface area contributed by atoms with E-state index in [1.807, 2.05) is 0 Å². The van der Waals surface area contributed by atoms with Gasteiger partial charge in [-0.15, -0.1) is 0 Å². The Bertz CT molecular complexity index is 269. The minimum absolute atomic E-state index is 0.126. The summed E-state index contributed by atoms with van der Waals surface area (Å²) < 4.78 is 0. The Balaban J connectivity index is 3.16. The van der Waals surface area contributed by atoms with Gasteiger partial charge in [0.1, 0.15) is 6.10 Å². The second-order valence-corrected chi connectivity index (χ2v) is 3.98. The molecule has 0 saturated carbocycles. The molecule has 2 nitrogen and oxygen atoms in total. The molecule has 0 radical (unpaired) electrons. The molecule has 2 atom stereocenters. The molecule has 1 aliphatic rings. The van der Waals surface area contributed by atoms with E-state index < -0.39 is 11.2 Å². The highest BCUT2D eigenvalue weighted by Gasteiger charge is 2.39. The third kappa shape index (κ3) is 1.60. The van der Waals surface area contributed by atoms with Gasteiger partial charge in [0, 0.05) is 0 Å². The summed E-state index contributed by atoms with van der Waals surface area (Å²) in [6, 6.07) is 0. The second kappa shape index (κ2) is 3.37. The molecule has 0 aromatic heterocycles. The Labute approximate surface area is 89.0 Å². The predicted molar refractivity (Wildman–Crippen MR) is 49.5 cm³/mol. The molecule has 0 spiro atoms. The lowest BCUT2D eigenvalue weighted by Crippen LogP contribution is -2.29. The van der Waals surface area contributed by atoms with E-state index >= 15 is 0 Å². The Kier molecular flexibility index (Phi) is 2.99. The Morgan fingerprint density at radius 2 is 1.83 bits per heavy atom. The number of rotatable bonds is 0. The maximum atomic E-state index is 9.38. The molecular weight excluding hydrogens is 246 g/mol. The van der Waals surface area contributed by atoms with E-state index in [4.69, 9.17) is 51.5 Å². The van der Waals surface area contributed by atoms with Gasteiger partial charge in [-0.25, -0.2) is 0 Å². The summed E-state index contributed by atoms with van der Waals surface area (Å²) in [5.41, 5.74) is 0. The van der Waals surface area contributed by atoms with Crippen molar-refractivity contribution < 1.29 is 10.2 Å². The van der Waals surface area contributed by atoms with Crippen molar-refractivity contribution in [2.45, 2.75) is 11.2 Å². The van der Waals surface area contributed by atoms with Gasteiger partial charge in [-0.3, -0.25) is 0 Å². The predicted octanol–water partition coefficient (Wildman–Crippen LogP) is 2.10. The Morgan fingerprint density at radius 3 is 2.33 bits per heavy atom. The molecule has 0 aliphatic heterocycles. The van der Waals surface area contributed by atoms with Crippen LogP contribution in [0.2, 0.25) is 0 Å². The molecule has 0 fully saturated rings. The molecule has 12 heavy (non-hydrogen) atoms. The van der Waals surface area contributed by atoms with E-state index in [1.54, 1.807) is 0 Å². The first-order valence-electron chi connectivity index (χ1n) is 2.90. The summed E-state index contributed by atoms with van der Waals surface area (Å²) in [4.78, 5) is 0. The van der Waals surface area contributed by atoms with Crippen LogP contribution >= 0.6 is 46.4 Å². The number of halogens is 4. The van der Waals surface area contributed by atoms with Crippen molar-refractivity contribution in [3.05, 3.63) is 21.2 Å². The molecule has 68 valence electrons. The van der Waals surface area contributed by atoms with Crippen LogP contribution in [0.3, 0.4) is 0 Å². The van der Waals surface area contributed by atoms with Crippen molar-refractivity contribution in [1.29, 1.82) is 0 Å². The third-order valence-electron chi connectivity index (χ3n) is 1.38. The standard InChI is InChI=1S/C6H4Cl4O2/c7-3-1-2(11)4(8)5(9)6(3,10)12/h1-2,11-12H. The zero-order valence-electron chi connectivity index (χ0n) is 5.56. The minimum Gasteiger partial charge on any atom is -0.383 e. The molecule has 0 saturated heterocycles. The van der Waals surface area contributed by atoms with E-state index in [1.165, 1.54) is 0 Å². The summed E-state index contributed by atoms with van der Waals surface area (Å²) in [7, 11) is 0.